The third-order valence-electron chi connectivity index (χ3n) is 2.41. The van der Waals surface area contributed by atoms with Crippen LogP contribution in [-0.4, -0.2) is 20.7 Å². The molecule has 0 saturated carbocycles. The first-order valence-corrected chi connectivity index (χ1v) is 6.43. The van der Waals surface area contributed by atoms with Gasteiger partial charge in [-0.25, -0.2) is 9.07 Å². The normalized spacial score (nSPS) is 10.8. The average molecular weight is 327 g/mol. The zero-order valence-corrected chi connectivity index (χ0v) is 12.0. The zero-order chi connectivity index (χ0) is 14.0. The number of aromatic nitrogens is 3. The fraction of sp³-hybridized carbons (Fsp3) is 0.250. The maximum atomic E-state index is 13.1. The third-order valence-corrected chi connectivity index (χ3v) is 2.99. The Labute approximate surface area is 118 Å². The molecule has 5 nitrogen and oxygen atoms in total. The van der Waals surface area contributed by atoms with E-state index in [4.69, 9.17) is 0 Å². The van der Waals surface area contributed by atoms with E-state index in [1.807, 2.05) is 0 Å². The van der Waals surface area contributed by atoms with Crippen LogP contribution in [0.5, 0.6) is 0 Å². The van der Waals surface area contributed by atoms with Gasteiger partial charge in [-0.1, -0.05) is 13.8 Å². The molecule has 0 saturated heterocycles. The Morgan fingerprint density at radius 2 is 2.21 bits per heavy atom. The molecule has 2 aromatic heterocycles. The number of anilines is 1. The average Bonchev–Trinajstić information content (AvgIpc) is 2.71. The molecule has 19 heavy (non-hydrogen) atoms. The number of nitrogens with zero attached hydrogens (tertiary/aromatic N) is 3. The predicted molar refractivity (Wildman–Crippen MR) is 72.5 cm³/mol. The minimum Gasteiger partial charge on any atom is -0.322 e. The van der Waals surface area contributed by atoms with E-state index < -0.39 is 5.82 Å². The summed E-state index contributed by atoms with van der Waals surface area (Å²) in [7, 11) is 0. The van der Waals surface area contributed by atoms with Crippen molar-refractivity contribution in [1.82, 2.24) is 14.8 Å². The molecule has 0 aromatic carbocycles. The van der Waals surface area contributed by atoms with Crippen molar-refractivity contribution in [2.24, 2.45) is 5.92 Å². The van der Waals surface area contributed by atoms with Crippen LogP contribution in [0.1, 0.15) is 13.8 Å². The highest BCUT2D eigenvalue weighted by atomic mass is 79.9. The van der Waals surface area contributed by atoms with E-state index >= 15 is 0 Å². The smallest absolute Gasteiger partial charge is 0.227 e. The number of carbonyl (C=O) groups is 1. The van der Waals surface area contributed by atoms with Gasteiger partial charge in [0.05, 0.1) is 30.0 Å². The van der Waals surface area contributed by atoms with E-state index in [1.165, 1.54) is 16.9 Å². The highest BCUT2D eigenvalue weighted by molar-refractivity contribution is 9.10. The van der Waals surface area contributed by atoms with Crippen molar-refractivity contribution in [3.8, 4) is 5.69 Å². The quantitative estimate of drug-likeness (QED) is 0.943. The summed E-state index contributed by atoms with van der Waals surface area (Å²) in [4.78, 5) is 15.4. The van der Waals surface area contributed by atoms with E-state index in [0.29, 0.717) is 16.0 Å². The number of amides is 1. The summed E-state index contributed by atoms with van der Waals surface area (Å²) in [5.41, 5.74) is 1.01. The Morgan fingerprint density at radius 1 is 1.47 bits per heavy atom. The van der Waals surface area contributed by atoms with E-state index in [2.05, 4.69) is 31.3 Å². The van der Waals surface area contributed by atoms with Gasteiger partial charge in [0.15, 0.2) is 4.60 Å². The van der Waals surface area contributed by atoms with Gasteiger partial charge in [0, 0.05) is 12.0 Å². The molecule has 1 amide bonds. The van der Waals surface area contributed by atoms with Gasteiger partial charge in [-0.3, -0.25) is 9.78 Å². The number of hydrogen-bond acceptors (Lipinski definition) is 3. The van der Waals surface area contributed by atoms with Gasteiger partial charge in [-0.2, -0.15) is 5.10 Å². The Kier molecular flexibility index (Phi) is 3.94. The molecule has 0 atom stereocenters. The van der Waals surface area contributed by atoms with Gasteiger partial charge in [0.1, 0.15) is 5.82 Å². The van der Waals surface area contributed by atoms with Crippen LogP contribution in [0.15, 0.2) is 29.3 Å². The summed E-state index contributed by atoms with van der Waals surface area (Å²) in [5.74, 6) is -0.694. The summed E-state index contributed by atoms with van der Waals surface area (Å²) in [6.07, 6.45) is 4.20. The Hall–Kier alpha value is -1.76. The molecule has 0 aliphatic heterocycles. The molecule has 0 fully saturated rings. The topological polar surface area (TPSA) is 59.8 Å². The Bertz CT molecular complexity index is 612. The first-order valence-electron chi connectivity index (χ1n) is 5.64. The number of nitrogens with one attached hydrogen (secondary N) is 1. The summed E-state index contributed by atoms with van der Waals surface area (Å²) >= 11 is 3.25. The first kappa shape index (κ1) is 13.7. The molecular weight excluding hydrogens is 315 g/mol. The third kappa shape index (κ3) is 3.17. The van der Waals surface area contributed by atoms with E-state index in [0.717, 1.165) is 6.20 Å². The second-order valence-corrected chi connectivity index (χ2v) is 5.03. The molecule has 0 radical (unpaired) electrons. The molecule has 2 heterocycles. The molecule has 1 N–H and O–H groups in total. The maximum absolute atomic E-state index is 13.1. The molecule has 100 valence electrons. The van der Waals surface area contributed by atoms with Crippen molar-refractivity contribution in [2.45, 2.75) is 13.8 Å². The van der Waals surface area contributed by atoms with Crippen LogP contribution >= 0.6 is 15.9 Å². The Balaban J connectivity index is 2.28. The molecular formula is C12H12BrFN4O. The van der Waals surface area contributed by atoms with Crippen LogP contribution in [0, 0.1) is 11.7 Å². The molecule has 7 heteroatoms. The molecule has 0 spiro atoms. The van der Waals surface area contributed by atoms with Crippen LogP contribution in [0.4, 0.5) is 10.1 Å². The molecule has 2 aromatic rings. The number of pyridine rings is 1. The lowest BCUT2D eigenvalue weighted by molar-refractivity contribution is -0.118. The first-order chi connectivity index (χ1) is 8.97. The molecule has 0 bridgehead atoms. The molecule has 0 unspecified atom stereocenters. The van der Waals surface area contributed by atoms with E-state index in [-0.39, 0.29) is 11.8 Å². The molecule has 0 aliphatic carbocycles. The summed E-state index contributed by atoms with van der Waals surface area (Å²) in [6.45, 7) is 3.59. The largest absolute Gasteiger partial charge is 0.322 e. The number of rotatable bonds is 3. The monoisotopic (exact) mass is 326 g/mol. The fourth-order valence-corrected chi connectivity index (χ4v) is 1.74. The second kappa shape index (κ2) is 5.48. The van der Waals surface area contributed by atoms with Gasteiger partial charge in [0.2, 0.25) is 5.91 Å². The van der Waals surface area contributed by atoms with Crippen molar-refractivity contribution >= 4 is 27.5 Å². The van der Waals surface area contributed by atoms with Gasteiger partial charge >= 0.3 is 0 Å². The lowest BCUT2D eigenvalue weighted by atomic mass is 10.2. The van der Waals surface area contributed by atoms with Crippen molar-refractivity contribution in [2.75, 3.05) is 5.32 Å². The van der Waals surface area contributed by atoms with Crippen LogP contribution in [0.25, 0.3) is 5.69 Å². The SMILES string of the molecule is CC(C)C(=O)Nc1cn(-c2cncc(F)c2)nc1Br. The minimum absolute atomic E-state index is 0.113. The van der Waals surface area contributed by atoms with Gasteiger partial charge in [0.25, 0.3) is 0 Å². The highest BCUT2D eigenvalue weighted by Crippen LogP contribution is 2.23. The standard InChI is InChI=1S/C12H12BrFN4O/c1-7(2)12(19)16-10-6-18(17-11(10)13)9-3-8(14)4-15-5-9/h3-7H,1-2H3,(H,16,19). The lowest BCUT2D eigenvalue weighted by Gasteiger charge is -2.04. The van der Waals surface area contributed by atoms with Gasteiger partial charge in [-0.05, 0) is 15.9 Å². The van der Waals surface area contributed by atoms with Gasteiger partial charge in [-0.15, -0.1) is 0 Å². The van der Waals surface area contributed by atoms with Crippen molar-refractivity contribution in [3.05, 3.63) is 35.1 Å². The number of hydrogen-bond donors (Lipinski definition) is 1. The van der Waals surface area contributed by atoms with E-state index in [1.54, 1.807) is 20.0 Å². The number of halogens is 2. The van der Waals surface area contributed by atoms with Gasteiger partial charge < -0.3 is 5.32 Å². The zero-order valence-electron chi connectivity index (χ0n) is 10.4. The Morgan fingerprint density at radius 3 is 2.84 bits per heavy atom. The maximum Gasteiger partial charge on any atom is 0.227 e. The molecule has 0 aliphatic rings. The highest BCUT2D eigenvalue weighted by Gasteiger charge is 2.13. The summed E-state index contributed by atoms with van der Waals surface area (Å²) in [5, 5.41) is 6.88. The van der Waals surface area contributed by atoms with Crippen molar-refractivity contribution in [3.63, 3.8) is 0 Å². The minimum atomic E-state index is -0.447. The summed E-state index contributed by atoms with van der Waals surface area (Å²) < 4.78 is 15.0. The summed E-state index contributed by atoms with van der Waals surface area (Å²) in [6, 6.07) is 1.31. The van der Waals surface area contributed by atoms with Crippen molar-refractivity contribution < 1.29 is 9.18 Å². The second-order valence-electron chi connectivity index (χ2n) is 4.28. The lowest BCUT2D eigenvalue weighted by Crippen LogP contribution is -2.17. The fourth-order valence-electron chi connectivity index (χ4n) is 1.37. The van der Waals surface area contributed by atoms with Crippen LogP contribution in [-0.2, 0) is 4.79 Å². The van der Waals surface area contributed by atoms with Crippen LogP contribution in [0.2, 0.25) is 0 Å². The molecule has 2 rings (SSSR count). The number of carbonyl (C=O) groups excluding carboxylic acids is 1. The van der Waals surface area contributed by atoms with Crippen LogP contribution in [0.3, 0.4) is 0 Å². The van der Waals surface area contributed by atoms with Crippen molar-refractivity contribution in [1.29, 1.82) is 0 Å². The predicted octanol–water partition coefficient (Wildman–Crippen LogP) is 2.76. The van der Waals surface area contributed by atoms with E-state index in [9.17, 15) is 9.18 Å². The van der Waals surface area contributed by atoms with Crippen LogP contribution < -0.4 is 5.32 Å².